The summed E-state index contributed by atoms with van der Waals surface area (Å²) in [5, 5.41) is 13.3. The van der Waals surface area contributed by atoms with Crippen molar-refractivity contribution in [2.24, 2.45) is 10.9 Å². The molecule has 0 bridgehead atoms. The number of aromatic nitrogens is 2. The van der Waals surface area contributed by atoms with Crippen LogP contribution in [0, 0.1) is 11.2 Å². The molecule has 0 saturated carbocycles. The van der Waals surface area contributed by atoms with E-state index in [9.17, 15) is 9.18 Å². The Balaban J connectivity index is 1.33. The summed E-state index contributed by atoms with van der Waals surface area (Å²) >= 11 is 0. The van der Waals surface area contributed by atoms with E-state index < -0.39 is 17.9 Å². The molecule has 3 heterocycles. The van der Waals surface area contributed by atoms with Gasteiger partial charge in [-0.2, -0.15) is 0 Å². The SMILES string of the molecule is N=C(N)NC(=O)OCc1cccc(-c2cnc(N3CCC(=NOC4CCCCO4)CC3)nc2)c1F. The van der Waals surface area contributed by atoms with Gasteiger partial charge in [-0.15, -0.1) is 0 Å². The highest BCUT2D eigenvalue weighted by Gasteiger charge is 2.20. The van der Waals surface area contributed by atoms with Crippen LogP contribution in [0.25, 0.3) is 11.1 Å². The van der Waals surface area contributed by atoms with Crippen molar-refractivity contribution < 1.29 is 23.5 Å². The summed E-state index contributed by atoms with van der Waals surface area (Å²) in [6.07, 6.45) is 6.48. The van der Waals surface area contributed by atoms with Crippen LogP contribution in [0.15, 0.2) is 35.7 Å². The Bertz CT molecular complexity index is 1060. The highest BCUT2D eigenvalue weighted by atomic mass is 19.1. The third-order valence-corrected chi connectivity index (χ3v) is 5.68. The van der Waals surface area contributed by atoms with Crippen LogP contribution >= 0.6 is 0 Å². The van der Waals surface area contributed by atoms with Crippen molar-refractivity contribution in [2.45, 2.75) is 45.0 Å². The maximum Gasteiger partial charge on any atom is 0.414 e. The molecule has 2 aliphatic heterocycles. The zero-order valence-electron chi connectivity index (χ0n) is 19.2. The lowest BCUT2D eigenvalue weighted by Gasteiger charge is -2.28. The average Bonchev–Trinajstić information content (AvgIpc) is 2.88. The van der Waals surface area contributed by atoms with Crippen molar-refractivity contribution in [3.63, 3.8) is 0 Å². The number of ether oxygens (including phenoxy) is 2. The second-order valence-corrected chi connectivity index (χ2v) is 8.21. The predicted molar refractivity (Wildman–Crippen MR) is 126 cm³/mol. The minimum Gasteiger partial charge on any atom is -0.444 e. The molecule has 1 amide bonds. The van der Waals surface area contributed by atoms with Crippen LogP contribution in [0.2, 0.25) is 0 Å². The fourth-order valence-corrected chi connectivity index (χ4v) is 3.81. The fourth-order valence-electron chi connectivity index (χ4n) is 3.81. The van der Waals surface area contributed by atoms with Crippen LogP contribution in [-0.2, 0) is 20.9 Å². The van der Waals surface area contributed by atoms with Gasteiger partial charge in [0.25, 0.3) is 0 Å². The van der Waals surface area contributed by atoms with E-state index in [0.717, 1.165) is 44.4 Å². The van der Waals surface area contributed by atoms with Crippen molar-refractivity contribution in [3.8, 4) is 11.1 Å². The van der Waals surface area contributed by atoms with Gasteiger partial charge >= 0.3 is 6.09 Å². The number of carbonyl (C=O) groups excluding carboxylic acids is 1. The first-order chi connectivity index (χ1) is 17.0. The smallest absolute Gasteiger partial charge is 0.414 e. The van der Waals surface area contributed by atoms with Crippen molar-refractivity contribution >= 4 is 23.7 Å². The van der Waals surface area contributed by atoms with Gasteiger partial charge < -0.3 is 24.9 Å². The topological polar surface area (TPSA) is 148 Å². The maximum absolute atomic E-state index is 15.0. The number of rotatable bonds is 6. The lowest BCUT2D eigenvalue weighted by atomic mass is 10.1. The number of halogens is 1. The molecule has 2 aromatic rings. The molecule has 0 aliphatic carbocycles. The van der Waals surface area contributed by atoms with Gasteiger partial charge in [-0.05, 0) is 12.8 Å². The Morgan fingerprint density at radius 3 is 2.74 bits per heavy atom. The standard InChI is InChI=1S/C23H28FN7O4/c24-20-15(14-34-23(32)29-21(25)26)4-3-5-18(20)16-12-27-22(28-13-16)31-9-7-17(8-10-31)30-35-19-6-1-2-11-33-19/h3-5,12-13,19H,1-2,6-11,14H2,(H4,25,26,29,32). The summed E-state index contributed by atoms with van der Waals surface area (Å²) in [7, 11) is 0. The Morgan fingerprint density at radius 1 is 1.29 bits per heavy atom. The number of benzene rings is 1. The molecule has 11 nitrogen and oxygen atoms in total. The normalized spacial score (nSPS) is 18.0. The summed E-state index contributed by atoms with van der Waals surface area (Å²) in [6, 6.07) is 4.76. The van der Waals surface area contributed by atoms with Gasteiger partial charge in [0.15, 0.2) is 5.96 Å². The fraction of sp³-hybridized carbons (Fsp3) is 0.435. The Labute approximate surface area is 202 Å². The van der Waals surface area contributed by atoms with Gasteiger partial charge in [-0.3, -0.25) is 10.7 Å². The van der Waals surface area contributed by atoms with Crippen LogP contribution in [0.3, 0.4) is 0 Å². The van der Waals surface area contributed by atoms with E-state index in [1.165, 1.54) is 6.07 Å². The summed E-state index contributed by atoms with van der Waals surface area (Å²) in [5.41, 5.74) is 7.03. The molecular formula is C23H28FN7O4. The van der Waals surface area contributed by atoms with Gasteiger partial charge in [-0.25, -0.2) is 19.2 Å². The van der Waals surface area contributed by atoms with Crippen LogP contribution in [-0.4, -0.2) is 53.7 Å². The first-order valence-electron chi connectivity index (χ1n) is 11.5. The Morgan fingerprint density at radius 2 is 2.06 bits per heavy atom. The molecule has 2 aliphatic rings. The number of alkyl carbamates (subject to hydrolysis) is 1. The van der Waals surface area contributed by atoms with E-state index in [-0.39, 0.29) is 18.5 Å². The van der Waals surface area contributed by atoms with E-state index in [2.05, 4.69) is 15.1 Å². The van der Waals surface area contributed by atoms with Crippen LogP contribution in [0.1, 0.15) is 37.7 Å². The van der Waals surface area contributed by atoms with Crippen molar-refractivity contribution in [2.75, 3.05) is 24.6 Å². The first-order valence-corrected chi connectivity index (χ1v) is 11.5. The molecule has 1 aromatic carbocycles. The second-order valence-electron chi connectivity index (χ2n) is 8.21. The highest BCUT2D eigenvalue weighted by Crippen LogP contribution is 2.26. The number of nitrogens with zero attached hydrogens (tertiary/aromatic N) is 4. The summed E-state index contributed by atoms with van der Waals surface area (Å²) < 4.78 is 25.4. The van der Waals surface area contributed by atoms with Crippen molar-refractivity contribution in [3.05, 3.63) is 42.0 Å². The van der Waals surface area contributed by atoms with E-state index in [4.69, 9.17) is 25.5 Å². The number of hydrogen-bond acceptors (Lipinski definition) is 9. The molecule has 2 fully saturated rings. The molecule has 1 unspecified atom stereocenters. The molecule has 4 rings (SSSR count). The quantitative estimate of drug-likeness (QED) is 0.321. The molecule has 0 spiro atoms. The van der Waals surface area contributed by atoms with Gasteiger partial charge in [0.05, 0.1) is 12.3 Å². The zero-order valence-corrected chi connectivity index (χ0v) is 19.2. The maximum atomic E-state index is 15.0. The van der Waals surface area contributed by atoms with E-state index >= 15 is 0 Å². The van der Waals surface area contributed by atoms with Gasteiger partial charge in [0.2, 0.25) is 12.2 Å². The third-order valence-electron chi connectivity index (χ3n) is 5.68. The minimum atomic E-state index is -0.932. The zero-order chi connectivity index (χ0) is 24.6. The van der Waals surface area contributed by atoms with Gasteiger partial charge in [0.1, 0.15) is 12.4 Å². The molecule has 4 N–H and O–H groups in total. The average molecular weight is 486 g/mol. The molecule has 2 saturated heterocycles. The van der Waals surface area contributed by atoms with Crippen LogP contribution < -0.4 is 16.0 Å². The number of oxime groups is 1. The summed E-state index contributed by atoms with van der Waals surface area (Å²) in [6.45, 7) is 1.82. The monoisotopic (exact) mass is 485 g/mol. The number of guanidine groups is 1. The Hall–Kier alpha value is -3.80. The molecule has 1 aromatic heterocycles. The number of anilines is 1. The number of nitrogens with one attached hydrogen (secondary N) is 2. The van der Waals surface area contributed by atoms with E-state index in [1.54, 1.807) is 24.5 Å². The number of carbonyl (C=O) groups is 1. The molecule has 35 heavy (non-hydrogen) atoms. The molecule has 0 radical (unpaired) electrons. The van der Waals surface area contributed by atoms with Gasteiger partial charge in [0, 0.05) is 61.4 Å². The molecule has 1 atom stereocenters. The molecule has 186 valence electrons. The van der Waals surface area contributed by atoms with Gasteiger partial charge in [-0.1, -0.05) is 23.4 Å². The second kappa shape index (κ2) is 11.6. The van der Waals surface area contributed by atoms with Crippen molar-refractivity contribution in [1.29, 1.82) is 5.41 Å². The highest BCUT2D eigenvalue weighted by molar-refractivity contribution is 5.90. The largest absolute Gasteiger partial charge is 0.444 e. The molecule has 12 heteroatoms. The predicted octanol–water partition coefficient (Wildman–Crippen LogP) is 2.90. The lowest BCUT2D eigenvalue weighted by Crippen LogP contribution is -2.36. The van der Waals surface area contributed by atoms with Crippen LogP contribution in [0.4, 0.5) is 15.1 Å². The third kappa shape index (κ3) is 6.63. The Kier molecular flexibility index (Phi) is 8.03. The molecular weight excluding hydrogens is 457 g/mol. The lowest BCUT2D eigenvalue weighted by molar-refractivity contribution is -0.162. The van der Waals surface area contributed by atoms with Crippen molar-refractivity contribution in [1.82, 2.24) is 15.3 Å². The summed E-state index contributed by atoms with van der Waals surface area (Å²) in [4.78, 5) is 27.9. The minimum absolute atomic E-state index is 0.175. The summed E-state index contributed by atoms with van der Waals surface area (Å²) in [5.74, 6) is -0.536. The number of amides is 1. The first kappa shape index (κ1) is 24.3. The van der Waals surface area contributed by atoms with E-state index in [0.29, 0.717) is 30.2 Å². The number of piperidine rings is 1. The van der Waals surface area contributed by atoms with Crippen LogP contribution in [0.5, 0.6) is 0 Å². The number of hydrogen-bond donors (Lipinski definition) is 3. The van der Waals surface area contributed by atoms with E-state index in [1.807, 2.05) is 10.2 Å². The number of nitrogens with two attached hydrogens (primary N) is 1.